The molecule has 0 aromatic heterocycles. The molecule has 3 rings (SSSR count). The van der Waals surface area contributed by atoms with Gasteiger partial charge in [0.05, 0.1) is 4.90 Å². The molecule has 2 heterocycles. The Morgan fingerprint density at radius 3 is 2.17 bits per heavy atom. The topological polar surface area (TPSA) is 40.6 Å². The van der Waals surface area contributed by atoms with Gasteiger partial charge in [-0.3, -0.25) is 0 Å². The van der Waals surface area contributed by atoms with Crippen LogP contribution in [0.4, 0.5) is 0 Å². The number of piperidine rings is 1. The summed E-state index contributed by atoms with van der Waals surface area (Å²) in [7, 11) is -3.33. The van der Waals surface area contributed by atoms with E-state index in [-0.39, 0.29) is 0 Å². The van der Waals surface area contributed by atoms with Gasteiger partial charge in [0, 0.05) is 19.1 Å². The molecule has 0 unspecified atom stereocenters. The lowest BCUT2D eigenvalue weighted by Crippen LogP contribution is -2.45. The van der Waals surface area contributed by atoms with Gasteiger partial charge in [0.15, 0.2) is 0 Å². The summed E-state index contributed by atoms with van der Waals surface area (Å²) in [6, 6.07) is 8.02. The third-order valence-electron chi connectivity index (χ3n) is 5.18. The van der Waals surface area contributed by atoms with Crippen LogP contribution in [0.2, 0.25) is 0 Å². The fourth-order valence-corrected chi connectivity index (χ4v) is 5.29. The van der Waals surface area contributed by atoms with Crippen molar-refractivity contribution >= 4 is 10.0 Å². The van der Waals surface area contributed by atoms with Crippen molar-refractivity contribution in [3.05, 3.63) is 29.8 Å². The number of hydrogen-bond donors (Lipinski definition) is 0. The third kappa shape index (κ3) is 3.78. The summed E-state index contributed by atoms with van der Waals surface area (Å²) in [5.41, 5.74) is 1.21. The Balaban J connectivity index is 1.63. The molecule has 1 aromatic carbocycles. The Hall–Kier alpha value is -0.910. The number of nitrogens with zero attached hydrogens (tertiary/aromatic N) is 2. The number of rotatable bonds is 5. The molecule has 1 aromatic rings. The van der Waals surface area contributed by atoms with Gasteiger partial charge >= 0.3 is 0 Å². The minimum absolute atomic E-state index is 0.442. The van der Waals surface area contributed by atoms with Crippen LogP contribution in [0.5, 0.6) is 0 Å². The van der Waals surface area contributed by atoms with E-state index in [1.807, 2.05) is 12.1 Å². The normalized spacial score (nSPS) is 21.8. The van der Waals surface area contributed by atoms with Gasteiger partial charge in [-0.05, 0) is 62.9 Å². The molecule has 2 saturated heterocycles. The van der Waals surface area contributed by atoms with Crippen molar-refractivity contribution in [3.8, 4) is 0 Å². The van der Waals surface area contributed by atoms with Crippen molar-refractivity contribution in [1.29, 1.82) is 0 Å². The smallest absolute Gasteiger partial charge is 0.243 e. The summed E-state index contributed by atoms with van der Waals surface area (Å²) in [6.45, 7) is 5.82. The van der Waals surface area contributed by atoms with Crippen LogP contribution in [0.25, 0.3) is 0 Å². The maximum absolute atomic E-state index is 12.8. The van der Waals surface area contributed by atoms with Gasteiger partial charge in [-0.2, -0.15) is 4.31 Å². The lowest BCUT2D eigenvalue weighted by molar-refractivity contribution is 0.168. The molecule has 0 bridgehead atoms. The maximum atomic E-state index is 12.8. The van der Waals surface area contributed by atoms with Crippen molar-refractivity contribution in [2.75, 3.05) is 26.2 Å². The average Bonchev–Trinajstić information content (AvgIpc) is 3.10. The fourth-order valence-electron chi connectivity index (χ4n) is 3.82. The summed E-state index contributed by atoms with van der Waals surface area (Å²) >= 11 is 0. The first kappa shape index (κ1) is 16.9. The number of aryl methyl sites for hydroxylation is 1. The molecular formula is C18H28N2O2S. The second-order valence-electron chi connectivity index (χ2n) is 6.77. The second-order valence-corrected chi connectivity index (χ2v) is 8.71. The zero-order valence-electron chi connectivity index (χ0n) is 14.1. The third-order valence-corrected chi connectivity index (χ3v) is 7.09. The van der Waals surface area contributed by atoms with Crippen LogP contribution in [0.3, 0.4) is 0 Å². The van der Waals surface area contributed by atoms with Crippen LogP contribution in [-0.4, -0.2) is 49.8 Å². The number of hydrogen-bond acceptors (Lipinski definition) is 3. The molecule has 0 amide bonds. The Morgan fingerprint density at radius 2 is 1.61 bits per heavy atom. The molecule has 2 aliphatic rings. The standard InChI is InChI=1S/C18H28N2O2S/c1-2-5-16-6-8-18(9-7-16)23(21,22)20-14-10-17(11-15-20)19-12-3-4-13-19/h6-9,17H,2-5,10-15H2,1H3. The lowest BCUT2D eigenvalue weighted by atomic mass is 10.1. The Bertz CT molecular complexity index is 598. The molecule has 128 valence electrons. The van der Waals surface area contributed by atoms with Gasteiger partial charge < -0.3 is 4.90 Å². The maximum Gasteiger partial charge on any atom is 0.243 e. The van der Waals surface area contributed by atoms with E-state index >= 15 is 0 Å². The predicted octanol–water partition coefficient (Wildman–Crippen LogP) is 2.89. The van der Waals surface area contributed by atoms with E-state index in [1.165, 1.54) is 31.5 Å². The molecule has 23 heavy (non-hydrogen) atoms. The minimum atomic E-state index is -3.33. The first-order valence-electron chi connectivity index (χ1n) is 8.94. The highest BCUT2D eigenvalue weighted by atomic mass is 32.2. The van der Waals surface area contributed by atoms with E-state index in [1.54, 1.807) is 16.4 Å². The largest absolute Gasteiger partial charge is 0.300 e. The van der Waals surface area contributed by atoms with Gasteiger partial charge in [-0.1, -0.05) is 25.5 Å². The molecule has 2 aliphatic heterocycles. The van der Waals surface area contributed by atoms with E-state index in [9.17, 15) is 8.42 Å². The molecule has 0 radical (unpaired) electrons. The Morgan fingerprint density at radius 1 is 1.00 bits per heavy atom. The summed E-state index contributed by atoms with van der Waals surface area (Å²) < 4.78 is 27.3. The minimum Gasteiger partial charge on any atom is -0.300 e. The number of benzene rings is 1. The van der Waals surface area contributed by atoms with Crippen LogP contribution in [0.15, 0.2) is 29.2 Å². The molecule has 0 aliphatic carbocycles. The zero-order valence-corrected chi connectivity index (χ0v) is 14.9. The molecule has 5 heteroatoms. The van der Waals surface area contributed by atoms with Crippen LogP contribution in [-0.2, 0) is 16.4 Å². The summed E-state index contributed by atoms with van der Waals surface area (Å²) in [6.07, 6.45) is 6.60. The van der Waals surface area contributed by atoms with Gasteiger partial charge in [0.25, 0.3) is 0 Å². The van der Waals surface area contributed by atoms with E-state index < -0.39 is 10.0 Å². The van der Waals surface area contributed by atoms with Crippen molar-refractivity contribution in [1.82, 2.24) is 9.21 Å². The highest BCUT2D eigenvalue weighted by molar-refractivity contribution is 7.89. The summed E-state index contributed by atoms with van der Waals surface area (Å²) in [4.78, 5) is 2.99. The number of likely N-dealkylation sites (tertiary alicyclic amines) is 1. The Kier molecular flexibility index (Phi) is 5.39. The molecule has 4 nitrogen and oxygen atoms in total. The summed E-state index contributed by atoms with van der Waals surface area (Å²) in [5.74, 6) is 0. The van der Waals surface area contributed by atoms with E-state index in [4.69, 9.17) is 0 Å². The average molecular weight is 337 g/mol. The van der Waals surface area contributed by atoms with Crippen molar-refractivity contribution in [3.63, 3.8) is 0 Å². The molecule has 2 fully saturated rings. The van der Waals surface area contributed by atoms with Crippen LogP contribution < -0.4 is 0 Å². The van der Waals surface area contributed by atoms with Crippen LogP contribution in [0.1, 0.15) is 44.6 Å². The summed E-state index contributed by atoms with van der Waals surface area (Å²) in [5, 5.41) is 0. The van der Waals surface area contributed by atoms with E-state index in [0.29, 0.717) is 24.0 Å². The predicted molar refractivity (Wildman–Crippen MR) is 93.0 cm³/mol. The second kappa shape index (κ2) is 7.32. The van der Waals surface area contributed by atoms with Gasteiger partial charge in [-0.25, -0.2) is 8.42 Å². The zero-order chi connectivity index (χ0) is 16.3. The highest BCUT2D eigenvalue weighted by Crippen LogP contribution is 2.25. The van der Waals surface area contributed by atoms with Crippen LogP contribution >= 0.6 is 0 Å². The molecule has 0 saturated carbocycles. The SMILES string of the molecule is CCCc1ccc(S(=O)(=O)N2CCC(N3CCCC3)CC2)cc1. The molecule has 0 atom stereocenters. The first-order valence-corrected chi connectivity index (χ1v) is 10.4. The molecule has 0 N–H and O–H groups in total. The highest BCUT2D eigenvalue weighted by Gasteiger charge is 2.32. The lowest BCUT2D eigenvalue weighted by Gasteiger charge is -2.36. The van der Waals surface area contributed by atoms with Crippen molar-refractivity contribution in [2.45, 2.75) is 56.4 Å². The fraction of sp³-hybridized carbons (Fsp3) is 0.667. The van der Waals surface area contributed by atoms with Gasteiger partial charge in [-0.15, -0.1) is 0 Å². The van der Waals surface area contributed by atoms with Crippen molar-refractivity contribution < 1.29 is 8.42 Å². The Labute approximate surface area is 140 Å². The van der Waals surface area contributed by atoms with Gasteiger partial charge in [0.2, 0.25) is 10.0 Å². The quantitative estimate of drug-likeness (QED) is 0.830. The number of sulfonamides is 1. The van der Waals surface area contributed by atoms with Gasteiger partial charge in [0.1, 0.15) is 0 Å². The van der Waals surface area contributed by atoms with E-state index in [2.05, 4.69) is 11.8 Å². The van der Waals surface area contributed by atoms with Crippen molar-refractivity contribution in [2.24, 2.45) is 0 Å². The molecular weight excluding hydrogens is 308 g/mol. The molecule has 0 spiro atoms. The van der Waals surface area contributed by atoms with E-state index in [0.717, 1.165) is 25.7 Å². The van der Waals surface area contributed by atoms with Crippen LogP contribution in [0, 0.1) is 0 Å². The monoisotopic (exact) mass is 336 g/mol. The first-order chi connectivity index (χ1) is 11.1.